The lowest BCUT2D eigenvalue weighted by molar-refractivity contribution is 0.233. The zero-order chi connectivity index (χ0) is 13.3. The van der Waals surface area contributed by atoms with Crippen molar-refractivity contribution < 1.29 is 13.5 Å². The second kappa shape index (κ2) is 5.05. The SMILES string of the molecule is Nc1cc(S(=O)(=O)N2CCC(CO)C2)ccc1Cl. The molecule has 1 unspecified atom stereocenters. The Morgan fingerprint density at radius 1 is 1.50 bits per heavy atom. The summed E-state index contributed by atoms with van der Waals surface area (Å²) in [6.45, 7) is 0.784. The topological polar surface area (TPSA) is 83.6 Å². The zero-order valence-corrected chi connectivity index (χ0v) is 11.3. The van der Waals surface area contributed by atoms with Gasteiger partial charge in [0.2, 0.25) is 10.0 Å². The van der Waals surface area contributed by atoms with Gasteiger partial charge in [0.05, 0.1) is 15.6 Å². The lowest BCUT2D eigenvalue weighted by Crippen LogP contribution is -2.29. The summed E-state index contributed by atoms with van der Waals surface area (Å²) >= 11 is 5.77. The van der Waals surface area contributed by atoms with Gasteiger partial charge in [-0.25, -0.2) is 8.42 Å². The predicted molar refractivity (Wildman–Crippen MR) is 69.8 cm³/mol. The molecule has 0 saturated carbocycles. The van der Waals surface area contributed by atoms with Crippen LogP contribution in [0.3, 0.4) is 0 Å². The number of nitrogen functional groups attached to an aromatic ring is 1. The van der Waals surface area contributed by atoms with E-state index in [1.54, 1.807) is 0 Å². The Bertz CT molecular complexity index is 547. The first-order valence-electron chi connectivity index (χ1n) is 5.61. The van der Waals surface area contributed by atoms with E-state index < -0.39 is 10.0 Å². The van der Waals surface area contributed by atoms with Gasteiger partial charge >= 0.3 is 0 Å². The average molecular weight is 291 g/mol. The number of nitrogens with two attached hydrogens (primary N) is 1. The molecule has 18 heavy (non-hydrogen) atoms. The molecule has 1 saturated heterocycles. The Morgan fingerprint density at radius 3 is 2.78 bits per heavy atom. The van der Waals surface area contributed by atoms with Crippen molar-refractivity contribution in [3.63, 3.8) is 0 Å². The lowest BCUT2D eigenvalue weighted by Gasteiger charge is -2.16. The van der Waals surface area contributed by atoms with Crippen LogP contribution in [0.4, 0.5) is 5.69 Å². The van der Waals surface area contributed by atoms with Gasteiger partial charge in [-0.3, -0.25) is 0 Å². The largest absolute Gasteiger partial charge is 0.397 e. The highest BCUT2D eigenvalue weighted by molar-refractivity contribution is 7.89. The van der Waals surface area contributed by atoms with E-state index >= 15 is 0 Å². The number of hydrogen-bond acceptors (Lipinski definition) is 4. The van der Waals surface area contributed by atoms with Crippen LogP contribution in [0.15, 0.2) is 23.1 Å². The van der Waals surface area contributed by atoms with Gasteiger partial charge in [0.1, 0.15) is 0 Å². The molecule has 1 fully saturated rings. The number of hydrogen-bond donors (Lipinski definition) is 2. The summed E-state index contributed by atoms with van der Waals surface area (Å²) in [5.74, 6) is 0.0180. The molecule has 0 amide bonds. The van der Waals surface area contributed by atoms with E-state index in [0.29, 0.717) is 24.5 Å². The minimum atomic E-state index is -3.54. The molecule has 1 aromatic rings. The van der Waals surface area contributed by atoms with Crippen molar-refractivity contribution in [2.24, 2.45) is 5.92 Å². The Labute approximate surface area is 111 Å². The molecule has 2 rings (SSSR count). The van der Waals surface area contributed by atoms with Crippen molar-refractivity contribution >= 4 is 27.3 Å². The zero-order valence-electron chi connectivity index (χ0n) is 9.71. The third-order valence-corrected chi connectivity index (χ3v) is 5.32. The highest BCUT2D eigenvalue weighted by Crippen LogP contribution is 2.27. The minimum Gasteiger partial charge on any atom is -0.397 e. The second-order valence-electron chi connectivity index (χ2n) is 4.38. The third-order valence-electron chi connectivity index (χ3n) is 3.11. The number of rotatable bonds is 3. The van der Waals surface area contributed by atoms with Crippen LogP contribution in [-0.4, -0.2) is 37.5 Å². The summed E-state index contributed by atoms with van der Waals surface area (Å²) in [5, 5.41) is 9.38. The van der Waals surface area contributed by atoms with Crippen LogP contribution in [0.5, 0.6) is 0 Å². The summed E-state index contributed by atoms with van der Waals surface area (Å²) in [4.78, 5) is 0.142. The molecule has 0 bridgehead atoms. The maximum absolute atomic E-state index is 12.3. The van der Waals surface area contributed by atoms with Gasteiger partial charge in [-0.05, 0) is 30.5 Å². The van der Waals surface area contributed by atoms with E-state index in [1.165, 1.54) is 22.5 Å². The summed E-state index contributed by atoms with van der Waals surface area (Å²) in [7, 11) is -3.54. The predicted octanol–water partition coefficient (Wildman–Crippen LogP) is 0.925. The van der Waals surface area contributed by atoms with Crippen molar-refractivity contribution in [2.75, 3.05) is 25.4 Å². The van der Waals surface area contributed by atoms with E-state index in [-0.39, 0.29) is 23.1 Å². The number of aliphatic hydroxyl groups excluding tert-OH is 1. The molecule has 100 valence electrons. The molecule has 0 spiro atoms. The van der Waals surface area contributed by atoms with Crippen LogP contribution >= 0.6 is 11.6 Å². The Hall–Kier alpha value is -0.820. The molecule has 3 N–H and O–H groups in total. The van der Waals surface area contributed by atoms with Gasteiger partial charge in [0, 0.05) is 19.7 Å². The lowest BCUT2D eigenvalue weighted by atomic mass is 10.1. The van der Waals surface area contributed by atoms with E-state index in [4.69, 9.17) is 22.4 Å². The summed E-state index contributed by atoms with van der Waals surface area (Å²) in [5.41, 5.74) is 5.86. The molecule has 1 aliphatic heterocycles. The first-order valence-corrected chi connectivity index (χ1v) is 7.43. The van der Waals surface area contributed by atoms with Crippen LogP contribution in [0.2, 0.25) is 5.02 Å². The first kappa shape index (κ1) is 13.6. The standard InChI is InChI=1S/C11H15ClN2O3S/c12-10-2-1-9(5-11(10)13)18(16,17)14-4-3-8(6-14)7-15/h1-2,5,8,15H,3-4,6-7,13H2. The molecule has 0 aliphatic carbocycles. The molecular weight excluding hydrogens is 276 g/mol. The monoisotopic (exact) mass is 290 g/mol. The van der Waals surface area contributed by atoms with Gasteiger partial charge in [0.25, 0.3) is 0 Å². The van der Waals surface area contributed by atoms with Gasteiger partial charge in [-0.1, -0.05) is 11.6 Å². The summed E-state index contributed by atoms with van der Waals surface area (Å²) in [6.07, 6.45) is 0.679. The minimum absolute atomic E-state index is 0.00871. The number of aliphatic hydroxyl groups is 1. The number of nitrogens with zero attached hydrogens (tertiary/aromatic N) is 1. The van der Waals surface area contributed by atoms with Crippen LogP contribution in [0, 0.1) is 5.92 Å². The van der Waals surface area contributed by atoms with Crippen molar-refractivity contribution in [3.8, 4) is 0 Å². The van der Waals surface area contributed by atoms with Crippen LogP contribution < -0.4 is 5.73 Å². The number of anilines is 1. The van der Waals surface area contributed by atoms with Crippen molar-refractivity contribution in [3.05, 3.63) is 23.2 Å². The molecule has 5 nitrogen and oxygen atoms in total. The molecular formula is C11H15ClN2O3S. The van der Waals surface area contributed by atoms with E-state index in [1.807, 2.05) is 0 Å². The molecule has 1 aliphatic rings. The Morgan fingerprint density at radius 2 is 2.22 bits per heavy atom. The van der Waals surface area contributed by atoms with E-state index in [0.717, 1.165) is 0 Å². The third kappa shape index (κ3) is 2.47. The quantitative estimate of drug-likeness (QED) is 0.811. The maximum Gasteiger partial charge on any atom is 0.243 e. The highest BCUT2D eigenvalue weighted by Gasteiger charge is 2.32. The van der Waals surface area contributed by atoms with E-state index in [9.17, 15) is 8.42 Å². The van der Waals surface area contributed by atoms with Crippen LogP contribution in [-0.2, 0) is 10.0 Å². The molecule has 1 aromatic carbocycles. The second-order valence-corrected chi connectivity index (χ2v) is 6.73. The Kier molecular flexibility index (Phi) is 3.82. The fourth-order valence-corrected chi connectivity index (χ4v) is 3.68. The van der Waals surface area contributed by atoms with Gasteiger partial charge in [-0.2, -0.15) is 4.31 Å². The first-order chi connectivity index (χ1) is 8.45. The van der Waals surface area contributed by atoms with Crippen LogP contribution in [0.25, 0.3) is 0 Å². The normalized spacial score (nSPS) is 21.3. The molecule has 0 aromatic heterocycles. The van der Waals surface area contributed by atoms with E-state index in [2.05, 4.69) is 0 Å². The smallest absolute Gasteiger partial charge is 0.243 e. The van der Waals surface area contributed by atoms with Gasteiger partial charge in [-0.15, -0.1) is 0 Å². The Balaban J connectivity index is 2.28. The fourth-order valence-electron chi connectivity index (χ4n) is 2.00. The molecule has 1 atom stereocenters. The highest BCUT2D eigenvalue weighted by atomic mass is 35.5. The molecule has 0 radical (unpaired) electrons. The maximum atomic E-state index is 12.3. The molecule has 1 heterocycles. The number of halogens is 1. The molecule has 7 heteroatoms. The average Bonchev–Trinajstić information content (AvgIpc) is 2.81. The number of benzene rings is 1. The van der Waals surface area contributed by atoms with Crippen LogP contribution in [0.1, 0.15) is 6.42 Å². The van der Waals surface area contributed by atoms with Crippen molar-refractivity contribution in [1.29, 1.82) is 0 Å². The van der Waals surface area contributed by atoms with Gasteiger partial charge < -0.3 is 10.8 Å². The summed E-state index contributed by atoms with van der Waals surface area (Å²) < 4.78 is 26.0. The number of sulfonamides is 1. The fraction of sp³-hybridized carbons (Fsp3) is 0.455. The summed E-state index contributed by atoms with van der Waals surface area (Å²) in [6, 6.07) is 4.29. The van der Waals surface area contributed by atoms with Gasteiger partial charge in [0.15, 0.2) is 0 Å². The van der Waals surface area contributed by atoms with Crippen molar-refractivity contribution in [1.82, 2.24) is 4.31 Å². The van der Waals surface area contributed by atoms with Crippen molar-refractivity contribution in [2.45, 2.75) is 11.3 Å².